The van der Waals surface area contributed by atoms with E-state index < -0.39 is 0 Å². The van der Waals surface area contributed by atoms with Crippen molar-refractivity contribution in [3.63, 3.8) is 0 Å². The Kier molecular flexibility index (Phi) is 5.93. The van der Waals surface area contributed by atoms with Crippen LogP contribution in [0.4, 0.5) is 0 Å². The van der Waals surface area contributed by atoms with Crippen LogP contribution in [0, 0.1) is 0 Å². The summed E-state index contributed by atoms with van der Waals surface area (Å²) < 4.78 is 3.28. The van der Waals surface area contributed by atoms with Gasteiger partial charge < -0.3 is 0 Å². The quantitative estimate of drug-likeness (QED) is 0.405. The number of nitrogens with zero attached hydrogens (tertiary/aromatic N) is 1. The fourth-order valence-electron chi connectivity index (χ4n) is 1.10. The average Bonchev–Trinajstić information content (AvgIpc) is 2.03. The molecule has 0 saturated heterocycles. The van der Waals surface area contributed by atoms with E-state index in [1.807, 2.05) is 0 Å². The van der Waals surface area contributed by atoms with E-state index in [1.54, 1.807) is 0 Å². The molecule has 0 N–H and O–H groups in total. The van der Waals surface area contributed by atoms with Crippen LogP contribution in [0.25, 0.3) is 0 Å². The Hall–Kier alpha value is 0.240. The van der Waals surface area contributed by atoms with Gasteiger partial charge in [-0.05, 0) is 0 Å². The molecule has 0 aliphatic heterocycles. The number of hydrogen-bond acceptors (Lipinski definition) is 1. The van der Waals surface area contributed by atoms with E-state index in [0.29, 0.717) is 30.8 Å². The average molecular weight is 272 g/mol. The summed E-state index contributed by atoms with van der Waals surface area (Å²) in [5, 5.41) is 0. The summed E-state index contributed by atoms with van der Waals surface area (Å²) in [6.07, 6.45) is 2.70. The molecule has 0 heterocycles. The zero-order valence-electron chi connectivity index (χ0n) is 8.63. The minimum absolute atomic E-state index is 0.638. The van der Waals surface area contributed by atoms with Crippen LogP contribution in [0.1, 0.15) is 19.8 Å². The Morgan fingerprint density at radius 1 is 1.50 bits per heavy atom. The van der Waals surface area contributed by atoms with Gasteiger partial charge in [-0.1, -0.05) is 0 Å². The van der Waals surface area contributed by atoms with Crippen LogP contribution >= 0.6 is 0 Å². The molecular formula is C9H19InNO+. The van der Waals surface area contributed by atoms with Crippen LogP contribution < -0.4 is 0 Å². The minimum atomic E-state index is 0.638. The van der Waals surface area contributed by atoms with Crippen molar-refractivity contribution in [2.45, 2.75) is 19.8 Å². The summed E-state index contributed by atoms with van der Waals surface area (Å²) in [4.78, 5) is 10.1. The zero-order chi connectivity index (χ0) is 9.61. The molecule has 0 fully saturated rings. The Morgan fingerprint density at radius 3 is 2.50 bits per heavy atom. The standard InChI is InChI=1S/C9H17NO.In.2H/c1-9(2)10(3,4)7-5-6-8-11;;;/h1,8H,5-7H2,2-4H3;;;/q+1;;;. The third-order valence-electron chi connectivity index (χ3n) is 2.41. The summed E-state index contributed by atoms with van der Waals surface area (Å²) in [5.41, 5.74) is 1.44. The Balaban J connectivity index is 3.95. The molecular weight excluding hydrogens is 253 g/mol. The van der Waals surface area contributed by atoms with Crippen molar-refractivity contribution < 1.29 is 9.28 Å². The van der Waals surface area contributed by atoms with Gasteiger partial charge >= 0.3 is 89.9 Å². The van der Waals surface area contributed by atoms with E-state index in [0.717, 1.165) is 23.7 Å². The van der Waals surface area contributed by atoms with Crippen LogP contribution in [-0.2, 0) is 4.79 Å². The second-order valence-electron chi connectivity index (χ2n) is 3.65. The van der Waals surface area contributed by atoms with Crippen LogP contribution in [0.5, 0.6) is 0 Å². The third-order valence-corrected chi connectivity index (χ3v) is 4.80. The van der Waals surface area contributed by atoms with Gasteiger partial charge in [0.25, 0.3) is 0 Å². The van der Waals surface area contributed by atoms with Crippen molar-refractivity contribution in [1.29, 1.82) is 0 Å². The van der Waals surface area contributed by atoms with E-state index in [1.165, 1.54) is 5.70 Å². The molecule has 0 aromatic carbocycles. The molecule has 0 rings (SSSR count). The number of aldehydes is 1. The second-order valence-corrected chi connectivity index (χ2v) is 5.30. The second kappa shape index (κ2) is 5.81. The van der Waals surface area contributed by atoms with Crippen molar-refractivity contribution in [2.75, 3.05) is 20.6 Å². The molecule has 0 radical (unpaired) electrons. The molecule has 0 unspecified atom stereocenters. The summed E-state index contributed by atoms with van der Waals surface area (Å²) in [5.74, 6) is 0. The molecule has 0 saturated carbocycles. The van der Waals surface area contributed by atoms with Crippen LogP contribution in [0.2, 0.25) is 0 Å². The first kappa shape index (κ1) is 12.2. The zero-order valence-corrected chi connectivity index (χ0v) is 14.3. The maximum absolute atomic E-state index is 10.1. The van der Waals surface area contributed by atoms with Crippen LogP contribution in [-0.4, -0.2) is 55.8 Å². The van der Waals surface area contributed by atoms with Gasteiger partial charge in [-0.3, -0.25) is 0 Å². The van der Waals surface area contributed by atoms with Gasteiger partial charge in [-0.2, -0.15) is 0 Å². The van der Waals surface area contributed by atoms with Crippen LogP contribution in [0.15, 0.2) is 9.53 Å². The van der Waals surface area contributed by atoms with Crippen molar-refractivity contribution in [3.05, 3.63) is 9.53 Å². The number of rotatable bonds is 5. The molecule has 0 aromatic heterocycles. The Morgan fingerprint density at radius 2 is 2.08 bits per heavy atom. The van der Waals surface area contributed by atoms with Crippen molar-refractivity contribution in [2.24, 2.45) is 0 Å². The molecule has 0 bridgehead atoms. The molecule has 68 valence electrons. The summed E-state index contributed by atoms with van der Waals surface area (Å²) >= 11 is 0.638. The number of carbonyl (C=O) groups excluding carboxylic acids is 1. The van der Waals surface area contributed by atoms with Gasteiger partial charge in [-0.15, -0.1) is 0 Å². The molecule has 0 amide bonds. The molecule has 0 aromatic rings. The maximum atomic E-state index is 10.1. The first-order valence-corrected chi connectivity index (χ1v) is 7.74. The topological polar surface area (TPSA) is 17.1 Å². The molecule has 12 heavy (non-hydrogen) atoms. The Labute approximate surface area is 89.8 Å². The van der Waals surface area contributed by atoms with E-state index in [9.17, 15) is 4.79 Å². The van der Waals surface area contributed by atoms with E-state index in [-0.39, 0.29) is 0 Å². The van der Waals surface area contributed by atoms with Gasteiger partial charge in [0.1, 0.15) is 0 Å². The van der Waals surface area contributed by atoms with Gasteiger partial charge in [-0.25, -0.2) is 0 Å². The first-order chi connectivity index (χ1) is 5.54. The molecule has 0 aliphatic rings. The predicted octanol–water partition coefficient (Wildman–Crippen LogP) is 0.536. The van der Waals surface area contributed by atoms with E-state index in [4.69, 9.17) is 0 Å². The van der Waals surface area contributed by atoms with Gasteiger partial charge in [0.15, 0.2) is 0 Å². The van der Waals surface area contributed by atoms with Crippen molar-refractivity contribution in [1.82, 2.24) is 0 Å². The first-order valence-electron chi connectivity index (χ1n) is 4.44. The van der Waals surface area contributed by atoms with Crippen LogP contribution in [0.3, 0.4) is 0 Å². The monoisotopic (exact) mass is 272 g/mol. The number of hydrogen-bond donors (Lipinski definition) is 0. The van der Waals surface area contributed by atoms with Gasteiger partial charge in [0.05, 0.1) is 0 Å². The van der Waals surface area contributed by atoms with Gasteiger partial charge in [0, 0.05) is 0 Å². The Bertz CT molecular complexity index is 175. The van der Waals surface area contributed by atoms with Gasteiger partial charge in [0.2, 0.25) is 0 Å². The normalized spacial score (nSPS) is 13.1. The molecule has 2 nitrogen and oxygen atoms in total. The number of carbonyl (C=O) groups is 1. The molecule has 0 atom stereocenters. The predicted molar refractivity (Wildman–Crippen MR) is 54.6 cm³/mol. The summed E-state index contributed by atoms with van der Waals surface area (Å²) in [7, 11) is 4.40. The summed E-state index contributed by atoms with van der Waals surface area (Å²) in [6, 6.07) is 0. The summed E-state index contributed by atoms with van der Waals surface area (Å²) in [6.45, 7) is 3.25. The van der Waals surface area contributed by atoms with E-state index >= 15 is 0 Å². The molecule has 0 aliphatic carbocycles. The molecule has 0 spiro atoms. The van der Waals surface area contributed by atoms with Crippen molar-refractivity contribution in [3.8, 4) is 0 Å². The number of quaternary nitrogens is 1. The van der Waals surface area contributed by atoms with E-state index in [2.05, 4.69) is 24.9 Å². The fraction of sp³-hybridized carbons (Fsp3) is 0.667. The fourth-order valence-corrected chi connectivity index (χ4v) is 3.09. The third kappa shape index (κ3) is 4.31. The number of unbranched alkanes of at least 4 members (excludes halogenated alkanes) is 1. The molecule has 3 heteroatoms. The SMILES string of the molecule is C/C(=[CH]/[InH2])[N+](C)(C)CCCC=O. The number of allylic oxidation sites excluding steroid dienone is 1. The van der Waals surface area contributed by atoms with Crippen molar-refractivity contribution >= 4 is 30.7 Å².